The van der Waals surface area contributed by atoms with E-state index in [9.17, 15) is 9.59 Å². The molecule has 1 N–H and O–H groups in total. The molecule has 0 unspecified atom stereocenters. The van der Waals surface area contributed by atoms with Gasteiger partial charge in [0.25, 0.3) is 0 Å². The monoisotopic (exact) mass is 323 g/mol. The molecule has 122 valence electrons. The van der Waals surface area contributed by atoms with Crippen molar-refractivity contribution in [3.8, 4) is 0 Å². The molecule has 0 aliphatic heterocycles. The van der Waals surface area contributed by atoms with Gasteiger partial charge in [0, 0.05) is 24.0 Å². The number of carbonyl (C=O) groups excluding carboxylic acids is 2. The molecule has 0 atom stereocenters. The van der Waals surface area contributed by atoms with E-state index < -0.39 is 0 Å². The second-order valence-corrected chi connectivity index (χ2v) is 7.20. The second-order valence-electron chi connectivity index (χ2n) is 6.31. The van der Waals surface area contributed by atoms with Gasteiger partial charge < -0.3 is 10.2 Å². The van der Waals surface area contributed by atoms with Crippen LogP contribution in [0.25, 0.3) is 0 Å². The lowest BCUT2D eigenvalue weighted by molar-refractivity contribution is -0.138. The number of rotatable bonds is 7. The summed E-state index contributed by atoms with van der Waals surface area (Å²) in [6.07, 6.45) is 6.75. The number of amides is 2. The van der Waals surface area contributed by atoms with Crippen molar-refractivity contribution in [2.45, 2.75) is 46.0 Å². The van der Waals surface area contributed by atoms with E-state index in [2.05, 4.69) is 24.1 Å². The lowest BCUT2D eigenvalue weighted by Crippen LogP contribution is -2.41. The van der Waals surface area contributed by atoms with E-state index in [1.165, 1.54) is 11.3 Å². The van der Waals surface area contributed by atoms with E-state index in [-0.39, 0.29) is 24.3 Å². The minimum Gasteiger partial charge on any atom is -0.333 e. The second kappa shape index (κ2) is 8.27. The SMILES string of the molecule is CC(C)CCN(CC(=O)Nc1nccs1)C(=O)C1CCCC1. The summed E-state index contributed by atoms with van der Waals surface area (Å²) in [4.78, 5) is 30.6. The third kappa shape index (κ3) is 5.09. The lowest BCUT2D eigenvalue weighted by Gasteiger charge is -2.25. The van der Waals surface area contributed by atoms with Crippen LogP contribution in [0.4, 0.5) is 5.13 Å². The Kier molecular flexibility index (Phi) is 6.36. The van der Waals surface area contributed by atoms with E-state index in [1.807, 2.05) is 5.38 Å². The van der Waals surface area contributed by atoms with Crippen molar-refractivity contribution in [3.63, 3.8) is 0 Å². The molecule has 0 saturated heterocycles. The topological polar surface area (TPSA) is 62.3 Å². The average Bonchev–Trinajstić information content (AvgIpc) is 3.15. The number of hydrogen-bond acceptors (Lipinski definition) is 4. The van der Waals surface area contributed by atoms with E-state index in [4.69, 9.17) is 0 Å². The average molecular weight is 323 g/mol. The molecule has 22 heavy (non-hydrogen) atoms. The fraction of sp³-hybridized carbons (Fsp3) is 0.688. The summed E-state index contributed by atoms with van der Waals surface area (Å²) in [7, 11) is 0. The number of carbonyl (C=O) groups is 2. The first kappa shape index (κ1) is 16.9. The third-order valence-corrected chi connectivity index (χ3v) is 4.69. The highest BCUT2D eigenvalue weighted by atomic mass is 32.1. The maximum absolute atomic E-state index is 12.6. The normalized spacial score (nSPS) is 15.2. The Morgan fingerprint density at radius 2 is 2.14 bits per heavy atom. The molecule has 0 bridgehead atoms. The Hall–Kier alpha value is -1.43. The molecule has 1 aromatic rings. The third-order valence-electron chi connectivity index (χ3n) is 4.01. The molecule has 2 amide bonds. The largest absolute Gasteiger partial charge is 0.333 e. The van der Waals surface area contributed by atoms with E-state index in [0.29, 0.717) is 17.6 Å². The van der Waals surface area contributed by atoms with E-state index >= 15 is 0 Å². The predicted molar refractivity (Wildman–Crippen MR) is 88.7 cm³/mol. The van der Waals surface area contributed by atoms with Gasteiger partial charge in [-0.2, -0.15) is 0 Å². The molecule has 1 aliphatic rings. The van der Waals surface area contributed by atoms with Crippen molar-refractivity contribution in [2.24, 2.45) is 11.8 Å². The first-order chi connectivity index (χ1) is 10.6. The molecular formula is C16H25N3O2S. The first-order valence-electron chi connectivity index (χ1n) is 8.04. The van der Waals surface area contributed by atoms with Gasteiger partial charge in [-0.3, -0.25) is 9.59 Å². The zero-order valence-electron chi connectivity index (χ0n) is 13.4. The standard InChI is InChI=1S/C16H25N3O2S/c1-12(2)7-9-19(15(21)13-5-3-4-6-13)11-14(20)18-16-17-8-10-22-16/h8,10,12-13H,3-7,9,11H2,1-2H3,(H,17,18,20). The molecule has 1 heterocycles. The number of nitrogens with one attached hydrogen (secondary N) is 1. The predicted octanol–water partition coefficient (Wildman–Crippen LogP) is 3.15. The highest BCUT2D eigenvalue weighted by Gasteiger charge is 2.28. The number of aromatic nitrogens is 1. The van der Waals surface area contributed by atoms with Crippen LogP contribution in [0.2, 0.25) is 0 Å². The molecule has 1 aromatic heterocycles. The van der Waals surface area contributed by atoms with Gasteiger partial charge in [0.15, 0.2) is 5.13 Å². The van der Waals surface area contributed by atoms with Crippen LogP contribution in [0.1, 0.15) is 46.0 Å². The first-order valence-corrected chi connectivity index (χ1v) is 8.92. The van der Waals surface area contributed by atoms with Crippen LogP contribution in [-0.4, -0.2) is 34.8 Å². The van der Waals surface area contributed by atoms with Gasteiger partial charge in [0.2, 0.25) is 11.8 Å². The van der Waals surface area contributed by atoms with Gasteiger partial charge in [-0.15, -0.1) is 11.3 Å². The minimum absolute atomic E-state index is 0.111. The number of thiazole rings is 1. The Balaban J connectivity index is 1.93. The van der Waals surface area contributed by atoms with Gasteiger partial charge in [0.1, 0.15) is 0 Å². The van der Waals surface area contributed by atoms with Crippen molar-refractivity contribution >= 4 is 28.3 Å². The molecule has 6 heteroatoms. The van der Waals surface area contributed by atoms with Gasteiger partial charge in [0.05, 0.1) is 6.54 Å². The summed E-state index contributed by atoms with van der Waals surface area (Å²) >= 11 is 1.38. The Morgan fingerprint density at radius 1 is 1.41 bits per heavy atom. The molecule has 1 saturated carbocycles. The maximum Gasteiger partial charge on any atom is 0.245 e. The van der Waals surface area contributed by atoms with Gasteiger partial charge in [-0.25, -0.2) is 4.98 Å². The zero-order valence-corrected chi connectivity index (χ0v) is 14.2. The Morgan fingerprint density at radius 3 is 2.73 bits per heavy atom. The van der Waals surface area contributed by atoms with Crippen LogP contribution < -0.4 is 5.32 Å². The molecule has 1 fully saturated rings. The summed E-state index contributed by atoms with van der Waals surface area (Å²) in [6, 6.07) is 0. The highest BCUT2D eigenvalue weighted by molar-refractivity contribution is 7.13. The van der Waals surface area contributed by atoms with Gasteiger partial charge >= 0.3 is 0 Å². The summed E-state index contributed by atoms with van der Waals surface area (Å²) in [5.41, 5.74) is 0. The molecule has 0 radical (unpaired) electrons. The molecule has 0 spiro atoms. The summed E-state index contributed by atoms with van der Waals surface area (Å²) in [5, 5.41) is 5.16. The Labute approximate surface area is 136 Å². The van der Waals surface area contributed by atoms with Crippen molar-refractivity contribution in [1.29, 1.82) is 0 Å². The maximum atomic E-state index is 12.6. The highest BCUT2D eigenvalue weighted by Crippen LogP contribution is 2.26. The van der Waals surface area contributed by atoms with Crippen molar-refractivity contribution in [2.75, 3.05) is 18.4 Å². The number of anilines is 1. The summed E-state index contributed by atoms with van der Waals surface area (Å²) < 4.78 is 0. The fourth-order valence-electron chi connectivity index (χ4n) is 2.73. The van der Waals surface area contributed by atoms with Crippen molar-refractivity contribution in [1.82, 2.24) is 9.88 Å². The zero-order chi connectivity index (χ0) is 15.9. The minimum atomic E-state index is -0.162. The van der Waals surface area contributed by atoms with Gasteiger partial charge in [-0.1, -0.05) is 26.7 Å². The smallest absolute Gasteiger partial charge is 0.245 e. The number of nitrogens with zero attached hydrogens (tertiary/aromatic N) is 2. The molecule has 1 aliphatic carbocycles. The van der Waals surface area contributed by atoms with Crippen molar-refractivity contribution < 1.29 is 9.59 Å². The number of hydrogen-bond donors (Lipinski definition) is 1. The molecular weight excluding hydrogens is 298 g/mol. The molecule has 5 nitrogen and oxygen atoms in total. The van der Waals surface area contributed by atoms with Crippen LogP contribution in [0, 0.1) is 11.8 Å². The van der Waals surface area contributed by atoms with Crippen molar-refractivity contribution in [3.05, 3.63) is 11.6 Å². The summed E-state index contributed by atoms with van der Waals surface area (Å²) in [6.45, 7) is 5.04. The van der Waals surface area contributed by atoms with E-state index in [0.717, 1.165) is 32.1 Å². The molecule has 2 rings (SSSR count). The summed E-state index contributed by atoms with van der Waals surface area (Å²) in [5.74, 6) is 0.609. The Bertz CT molecular complexity index is 482. The van der Waals surface area contributed by atoms with Crippen LogP contribution in [-0.2, 0) is 9.59 Å². The quantitative estimate of drug-likeness (QED) is 0.838. The van der Waals surface area contributed by atoms with E-state index in [1.54, 1.807) is 11.1 Å². The van der Waals surface area contributed by atoms with Crippen LogP contribution in [0.5, 0.6) is 0 Å². The lowest BCUT2D eigenvalue weighted by atomic mass is 10.1. The fourth-order valence-corrected chi connectivity index (χ4v) is 3.27. The van der Waals surface area contributed by atoms with Crippen LogP contribution >= 0.6 is 11.3 Å². The van der Waals surface area contributed by atoms with Crippen LogP contribution in [0.15, 0.2) is 11.6 Å². The van der Waals surface area contributed by atoms with Gasteiger partial charge in [-0.05, 0) is 25.2 Å². The van der Waals surface area contributed by atoms with Crippen LogP contribution in [0.3, 0.4) is 0 Å². The molecule has 0 aromatic carbocycles.